The monoisotopic (exact) mass is 264 g/mol. The number of rotatable bonds is 5. The van der Waals surface area contributed by atoms with Crippen LogP contribution >= 0.6 is 0 Å². The van der Waals surface area contributed by atoms with Crippen LogP contribution in [0.5, 0.6) is 0 Å². The van der Waals surface area contributed by atoms with E-state index in [1.165, 1.54) is 0 Å². The Hall–Kier alpha value is -1.20. The predicted octanol–water partition coefficient (Wildman–Crippen LogP) is 1.41. The largest absolute Gasteiger partial charge is 0.376 e. The van der Waals surface area contributed by atoms with E-state index in [2.05, 4.69) is 47.4 Å². The zero-order chi connectivity index (χ0) is 13.7. The van der Waals surface area contributed by atoms with Crippen LogP contribution in [0.4, 0.5) is 5.82 Å². The first-order valence-corrected chi connectivity index (χ1v) is 7.04. The maximum Gasteiger partial charge on any atom is 0.150 e. The summed E-state index contributed by atoms with van der Waals surface area (Å²) in [5.41, 5.74) is 1.04. The van der Waals surface area contributed by atoms with Gasteiger partial charge in [0, 0.05) is 26.7 Å². The number of nitrogens with one attached hydrogen (secondary N) is 1. The van der Waals surface area contributed by atoms with Crippen molar-refractivity contribution in [3.8, 4) is 0 Å². The van der Waals surface area contributed by atoms with Gasteiger partial charge in [-0.1, -0.05) is 13.8 Å². The molecule has 1 saturated heterocycles. The van der Waals surface area contributed by atoms with Gasteiger partial charge in [-0.2, -0.15) is 5.10 Å². The van der Waals surface area contributed by atoms with Gasteiger partial charge in [0.25, 0.3) is 0 Å². The molecule has 19 heavy (non-hydrogen) atoms. The molecule has 0 radical (unpaired) electrons. The van der Waals surface area contributed by atoms with Crippen LogP contribution in [0.3, 0.4) is 0 Å². The topological polar surface area (TPSA) is 50.3 Å². The van der Waals surface area contributed by atoms with Crippen LogP contribution in [0.25, 0.3) is 0 Å². The Kier molecular flexibility index (Phi) is 5.10. The van der Waals surface area contributed by atoms with Crippen LogP contribution in [0.1, 0.15) is 31.9 Å². The van der Waals surface area contributed by atoms with Crippen molar-refractivity contribution in [2.75, 3.05) is 38.2 Å². The third-order valence-corrected chi connectivity index (χ3v) is 3.44. The van der Waals surface area contributed by atoms with Crippen molar-refractivity contribution in [2.45, 2.75) is 32.3 Å². The summed E-state index contributed by atoms with van der Waals surface area (Å²) in [6.45, 7) is 7.92. The lowest BCUT2D eigenvalue weighted by Gasteiger charge is -2.26. The predicted molar refractivity (Wildman–Crippen MR) is 76.6 cm³/mol. The van der Waals surface area contributed by atoms with E-state index >= 15 is 0 Å². The van der Waals surface area contributed by atoms with E-state index in [4.69, 9.17) is 4.74 Å². The number of hydrogen-bond acceptors (Lipinski definition) is 5. The minimum absolute atomic E-state index is 0.319. The highest BCUT2D eigenvalue weighted by Crippen LogP contribution is 2.14. The van der Waals surface area contributed by atoms with Crippen molar-refractivity contribution < 1.29 is 4.74 Å². The number of ether oxygens (including phenoxy) is 1. The van der Waals surface area contributed by atoms with Gasteiger partial charge < -0.3 is 15.0 Å². The molecule has 1 aliphatic heterocycles. The molecule has 1 fully saturated rings. The Balaban J connectivity index is 1.83. The SMILES string of the molecule is CC(C)c1ccc(N(C)CCC2CNCCO2)nn1. The smallest absolute Gasteiger partial charge is 0.150 e. The summed E-state index contributed by atoms with van der Waals surface area (Å²) in [4.78, 5) is 2.13. The summed E-state index contributed by atoms with van der Waals surface area (Å²) in [6.07, 6.45) is 1.33. The zero-order valence-corrected chi connectivity index (χ0v) is 12.1. The molecule has 1 aromatic heterocycles. The van der Waals surface area contributed by atoms with E-state index in [0.717, 1.165) is 44.2 Å². The molecule has 0 spiro atoms. The summed E-state index contributed by atoms with van der Waals surface area (Å²) in [6, 6.07) is 4.10. The Morgan fingerprint density at radius 2 is 2.26 bits per heavy atom. The van der Waals surface area contributed by atoms with E-state index in [9.17, 15) is 0 Å². The summed E-state index contributed by atoms with van der Waals surface area (Å²) in [7, 11) is 2.05. The lowest BCUT2D eigenvalue weighted by atomic mass is 10.1. The zero-order valence-electron chi connectivity index (χ0n) is 12.1. The maximum atomic E-state index is 5.69. The molecule has 0 bridgehead atoms. The highest BCUT2D eigenvalue weighted by molar-refractivity contribution is 5.36. The highest BCUT2D eigenvalue weighted by atomic mass is 16.5. The summed E-state index contributed by atoms with van der Waals surface area (Å²) >= 11 is 0. The van der Waals surface area contributed by atoms with E-state index in [1.807, 2.05) is 6.07 Å². The molecule has 0 saturated carbocycles. The van der Waals surface area contributed by atoms with Crippen molar-refractivity contribution in [3.63, 3.8) is 0 Å². The fraction of sp³-hybridized carbons (Fsp3) is 0.714. The second-order valence-corrected chi connectivity index (χ2v) is 5.38. The lowest BCUT2D eigenvalue weighted by Crippen LogP contribution is -2.40. The normalized spacial score (nSPS) is 19.7. The van der Waals surface area contributed by atoms with Gasteiger partial charge in [-0.15, -0.1) is 5.10 Å². The molecule has 0 aliphatic carbocycles. The molecule has 1 aliphatic rings. The van der Waals surface area contributed by atoms with E-state index in [0.29, 0.717) is 12.0 Å². The molecular weight excluding hydrogens is 240 g/mol. The molecule has 106 valence electrons. The average Bonchev–Trinajstić information content (AvgIpc) is 2.46. The molecule has 1 N–H and O–H groups in total. The van der Waals surface area contributed by atoms with Crippen LogP contribution in [-0.2, 0) is 4.74 Å². The fourth-order valence-electron chi connectivity index (χ4n) is 2.10. The number of nitrogens with zero attached hydrogens (tertiary/aromatic N) is 3. The first-order valence-electron chi connectivity index (χ1n) is 7.04. The van der Waals surface area contributed by atoms with Crippen molar-refractivity contribution in [3.05, 3.63) is 17.8 Å². The van der Waals surface area contributed by atoms with Gasteiger partial charge in [0.1, 0.15) is 0 Å². The van der Waals surface area contributed by atoms with Gasteiger partial charge in [0.2, 0.25) is 0 Å². The second-order valence-electron chi connectivity index (χ2n) is 5.38. The third kappa shape index (κ3) is 4.14. The summed E-state index contributed by atoms with van der Waals surface area (Å²) < 4.78 is 5.69. The minimum Gasteiger partial charge on any atom is -0.376 e. The molecule has 0 aromatic carbocycles. The Morgan fingerprint density at radius 3 is 2.84 bits per heavy atom. The van der Waals surface area contributed by atoms with Gasteiger partial charge >= 0.3 is 0 Å². The molecule has 2 rings (SSSR count). The minimum atomic E-state index is 0.319. The van der Waals surface area contributed by atoms with Crippen molar-refractivity contribution >= 4 is 5.82 Å². The van der Waals surface area contributed by atoms with Gasteiger partial charge in [-0.25, -0.2) is 0 Å². The highest BCUT2D eigenvalue weighted by Gasteiger charge is 2.14. The quantitative estimate of drug-likeness (QED) is 0.871. The van der Waals surface area contributed by atoms with Crippen LogP contribution < -0.4 is 10.2 Å². The van der Waals surface area contributed by atoms with Crippen LogP contribution in [0.2, 0.25) is 0 Å². The van der Waals surface area contributed by atoms with Crippen LogP contribution in [0.15, 0.2) is 12.1 Å². The van der Waals surface area contributed by atoms with Crippen LogP contribution in [-0.4, -0.2) is 49.6 Å². The average molecular weight is 264 g/mol. The van der Waals surface area contributed by atoms with Gasteiger partial charge in [-0.05, 0) is 24.5 Å². The fourth-order valence-corrected chi connectivity index (χ4v) is 2.10. The Bertz CT molecular complexity index is 374. The number of aromatic nitrogens is 2. The van der Waals surface area contributed by atoms with Crippen molar-refractivity contribution in [1.82, 2.24) is 15.5 Å². The first-order chi connectivity index (χ1) is 9.16. The molecule has 2 heterocycles. The summed E-state index contributed by atoms with van der Waals surface area (Å²) in [5.74, 6) is 1.35. The number of morpholine rings is 1. The van der Waals surface area contributed by atoms with Gasteiger partial charge in [0.15, 0.2) is 5.82 Å². The number of anilines is 1. The third-order valence-electron chi connectivity index (χ3n) is 3.44. The van der Waals surface area contributed by atoms with E-state index in [-0.39, 0.29) is 0 Å². The Labute approximate surface area is 115 Å². The molecule has 1 unspecified atom stereocenters. The molecular formula is C14H24N4O. The lowest BCUT2D eigenvalue weighted by molar-refractivity contribution is 0.0250. The molecule has 5 nitrogen and oxygen atoms in total. The summed E-state index contributed by atoms with van der Waals surface area (Å²) in [5, 5.41) is 11.9. The van der Waals surface area contributed by atoms with Gasteiger partial charge in [0.05, 0.1) is 18.4 Å². The molecule has 1 atom stereocenters. The molecule has 1 aromatic rings. The van der Waals surface area contributed by atoms with Crippen molar-refractivity contribution in [1.29, 1.82) is 0 Å². The maximum absolute atomic E-state index is 5.69. The first kappa shape index (κ1) is 14.2. The second kappa shape index (κ2) is 6.82. The Morgan fingerprint density at radius 1 is 1.42 bits per heavy atom. The van der Waals surface area contributed by atoms with E-state index in [1.54, 1.807) is 0 Å². The molecule has 5 heteroatoms. The van der Waals surface area contributed by atoms with Crippen molar-refractivity contribution in [2.24, 2.45) is 0 Å². The van der Waals surface area contributed by atoms with E-state index < -0.39 is 0 Å². The van der Waals surface area contributed by atoms with Gasteiger partial charge in [-0.3, -0.25) is 0 Å². The van der Waals surface area contributed by atoms with Crippen LogP contribution in [0, 0.1) is 0 Å². The standard InChI is InChI=1S/C14H24N4O/c1-11(2)13-4-5-14(17-16-13)18(3)8-6-12-10-15-7-9-19-12/h4-5,11-12,15H,6-10H2,1-3H3. The number of hydrogen-bond donors (Lipinski definition) is 1. The molecule has 0 amide bonds.